The second-order valence-corrected chi connectivity index (χ2v) is 5.16. The fourth-order valence-electron chi connectivity index (χ4n) is 2.72. The average molecular weight is 244 g/mol. The van der Waals surface area contributed by atoms with Crippen LogP contribution in [0.1, 0.15) is 45.4 Å². The number of aliphatic hydroxyl groups excluding tert-OH is 1. The van der Waals surface area contributed by atoms with E-state index in [2.05, 4.69) is 6.92 Å². The van der Waals surface area contributed by atoms with Crippen molar-refractivity contribution in [3.8, 4) is 0 Å². The minimum Gasteiger partial charge on any atom is -0.393 e. The highest BCUT2D eigenvalue weighted by atomic mass is 16.5. The van der Waals surface area contributed by atoms with E-state index in [9.17, 15) is 5.11 Å². The third-order valence-electron chi connectivity index (χ3n) is 3.92. The van der Waals surface area contributed by atoms with Gasteiger partial charge in [-0.3, -0.25) is 0 Å². The van der Waals surface area contributed by atoms with Gasteiger partial charge in [-0.05, 0) is 43.9 Å². The van der Waals surface area contributed by atoms with Crippen LogP contribution in [0, 0.1) is 11.8 Å². The van der Waals surface area contributed by atoms with E-state index in [1.165, 1.54) is 19.3 Å². The normalized spacial score (nSPS) is 29.5. The highest BCUT2D eigenvalue weighted by molar-refractivity contribution is 4.79. The third kappa shape index (κ3) is 5.84. The van der Waals surface area contributed by atoms with Gasteiger partial charge in [0.2, 0.25) is 0 Å². The molecule has 0 aromatic heterocycles. The molecule has 102 valence electrons. The Bertz CT molecular complexity index is 184. The van der Waals surface area contributed by atoms with E-state index < -0.39 is 0 Å². The summed E-state index contributed by atoms with van der Waals surface area (Å²) in [4.78, 5) is 0. The van der Waals surface area contributed by atoms with E-state index in [0.717, 1.165) is 31.8 Å². The van der Waals surface area contributed by atoms with Gasteiger partial charge in [0, 0.05) is 13.7 Å². The highest BCUT2D eigenvalue weighted by Gasteiger charge is 2.27. The van der Waals surface area contributed by atoms with Crippen LogP contribution in [-0.2, 0) is 9.47 Å². The van der Waals surface area contributed by atoms with Gasteiger partial charge in [0.15, 0.2) is 0 Å². The summed E-state index contributed by atoms with van der Waals surface area (Å²) in [5.74, 6) is 1.33. The number of rotatable bonds is 8. The molecule has 17 heavy (non-hydrogen) atoms. The molecular weight excluding hydrogens is 216 g/mol. The third-order valence-corrected chi connectivity index (χ3v) is 3.92. The molecule has 3 atom stereocenters. The van der Waals surface area contributed by atoms with Crippen molar-refractivity contribution >= 4 is 0 Å². The van der Waals surface area contributed by atoms with Gasteiger partial charge in [0.1, 0.15) is 0 Å². The zero-order valence-corrected chi connectivity index (χ0v) is 11.4. The van der Waals surface area contributed by atoms with Gasteiger partial charge in [-0.25, -0.2) is 0 Å². The van der Waals surface area contributed by atoms with Gasteiger partial charge in [0.25, 0.3) is 0 Å². The predicted octanol–water partition coefficient (Wildman–Crippen LogP) is 2.62. The Labute approximate surface area is 105 Å². The van der Waals surface area contributed by atoms with E-state index in [1.54, 1.807) is 7.11 Å². The Morgan fingerprint density at radius 2 is 2.00 bits per heavy atom. The molecule has 0 heterocycles. The maximum absolute atomic E-state index is 9.96. The van der Waals surface area contributed by atoms with E-state index in [1.807, 2.05) is 0 Å². The Hall–Kier alpha value is -0.120. The Morgan fingerprint density at radius 1 is 1.18 bits per heavy atom. The summed E-state index contributed by atoms with van der Waals surface area (Å²) in [5, 5.41) is 9.96. The molecule has 3 unspecified atom stereocenters. The maximum atomic E-state index is 9.96. The molecule has 0 aromatic carbocycles. The van der Waals surface area contributed by atoms with Crippen LogP contribution in [0.15, 0.2) is 0 Å². The van der Waals surface area contributed by atoms with Crippen LogP contribution < -0.4 is 0 Å². The van der Waals surface area contributed by atoms with Crippen molar-refractivity contribution in [2.45, 2.75) is 51.6 Å². The molecule has 3 heteroatoms. The topological polar surface area (TPSA) is 38.7 Å². The number of methoxy groups -OCH3 is 1. The van der Waals surface area contributed by atoms with Gasteiger partial charge in [-0.15, -0.1) is 0 Å². The summed E-state index contributed by atoms with van der Waals surface area (Å²) in [6, 6.07) is 0. The van der Waals surface area contributed by atoms with E-state index in [4.69, 9.17) is 9.47 Å². The van der Waals surface area contributed by atoms with Gasteiger partial charge in [-0.2, -0.15) is 0 Å². The molecule has 1 fully saturated rings. The predicted molar refractivity (Wildman–Crippen MR) is 69.1 cm³/mol. The smallest absolute Gasteiger partial charge is 0.0700 e. The molecule has 1 saturated carbocycles. The molecule has 1 aliphatic rings. The molecule has 1 rings (SSSR count). The molecule has 0 saturated heterocycles. The van der Waals surface area contributed by atoms with Crippen molar-refractivity contribution in [2.75, 3.05) is 26.9 Å². The average Bonchev–Trinajstić information content (AvgIpc) is 2.35. The molecule has 0 aromatic rings. The summed E-state index contributed by atoms with van der Waals surface area (Å²) in [6.45, 7) is 4.40. The van der Waals surface area contributed by atoms with Gasteiger partial charge >= 0.3 is 0 Å². The lowest BCUT2D eigenvalue weighted by atomic mass is 9.76. The highest BCUT2D eigenvalue weighted by Crippen LogP contribution is 2.33. The zero-order chi connectivity index (χ0) is 12.5. The molecule has 0 bridgehead atoms. The minimum absolute atomic E-state index is 0.0724. The first kappa shape index (κ1) is 14.9. The summed E-state index contributed by atoms with van der Waals surface area (Å²) >= 11 is 0. The minimum atomic E-state index is -0.0724. The second kappa shape index (κ2) is 8.90. The summed E-state index contributed by atoms with van der Waals surface area (Å²) in [7, 11) is 1.69. The maximum Gasteiger partial charge on any atom is 0.0700 e. The summed E-state index contributed by atoms with van der Waals surface area (Å²) in [5.41, 5.74) is 0. The number of ether oxygens (including phenoxy) is 2. The monoisotopic (exact) mass is 244 g/mol. The largest absolute Gasteiger partial charge is 0.393 e. The Balaban J connectivity index is 2.07. The number of hydrogen-bond donors (Lipinski definition) is 1. The lowest BCUT2D eigenvalue weighted by Crippen LogP contribution is -2.29. The molecule has 1 N–H and O–H groups in total. The molecule has 3 nitrogen and oxygen atoms in total. The molecule has 1 aliphatic carbocycles. The quantitative estimate of drug-likeness (QED) is 0.667. The van der Waals surface area contributed by atoms with Crippen LogP contribution in [0.5, 0.6) is 0 Å². The van der Waals surface area contributed by atoms with Crippen molar-refractivity contribution in [1.82, 2.24) is 0 Å². The number of aliphatic hydroxyl groups is 1. The molecule has 0 amide bonds. The summed E-state index contributed by atoms with van der Waals surface area (Å²) in [6.07, 6.45) is 6.75. The van der Waals surface area contributed by atoms with Crippen molar-refractivity contribution in [3.63, 3.8) is 0 Å². The van der Waals surface area contributed by atoms with Crippen LogP contribution >= 0.6 is 0 Å². The van der Waals surface area contributed by atoms with E-state index in [-0.39, 0.29) is 6.10 Å². The van der Waals surface area contributed by atoms with Gasteiger partial charge in [-0.1, -0.05) is 13.3 Å². The molecule has 0 radical (unpaired) electrons. The standard InChI is InChI=1S/C14H28O3/c1-3-12-6-7-14(15)13(11-12)5-4-8-17-10-9-16-2/h12-15H,3-11H2,1-2H3. The van der Waals surface area contributed by atoms with Gasteiger partial charge in [0.05, 0.1) is 19.3 Å². The zero-order valence-electron chi connectivity index (χ0n) is 11.4. The summed E-state index contributed by atoms with van der Waals surface area (Å²) < 4.78 is 10.4. The second-order valence-electron chi connectivity index (χ2n) is 5.16. The first-order valence-electron chi connectivity index (χ1n) is 7.02. The van der Waals surface area contributed by atoms with E-state index >= 15 is 0 Å². The van der Waals surface area contributed by atoms with Crippen molar-refractivity contribution in [1.29, 1.82) is 0 Å². The van der Waals surface area contributed by atoms with E-state index in [0.29, 0.717) is 19.1 Å². The lowest BCUT2D eigenvalue weighted by Gasteiger charge is -2.33. The van der Waals surface area contributed by atoms with Crippen LogP contribution in [0.25, 0.3) is 0 Å². The lowest BCUT2D eigenvalue weighted by molar-refractivity contribution is 0.0308. The Kier molecular flexibility index (Phi) is 7.82. The molecular formula is C14H28O3. The van der Waals surface area contributed by atoms with Gasteiger partial charge < -0.3 is 14.6 Å². The fraction of sp³-hybridized carbons (Fsp3) is 1.00. The first-order valence-corrected chi connectivity index (χ1v) is 7.02. The molecule has 0 aliphatic heterocycles. The number of hydrogen-bond acceptors (Lipinski definition) is 3. The van der Waals surface area contributed by atoms with Crippen LogP contribution in [-0.4, -0.2) is 38.1 Å². The van der Waals surface area contributed by atoms with Crippen LogP contribution in [0.3, 0.4) is 0 Å². The fourth-order valence-corrected chi connectivity index (χ4v) is 2.72. The van der Waals surface area contributed by atoms with Crippen molar-refractivity contribution in [3.05, 3.63) is 0 Å². The van der Waals surface area contributed by atoms with Crippen molar-refractivity contribution < 1.29 is 14.6 Å². The van der Waals surface area contributed by atoms with Crippen LogP contribution in [0.4, 0.5) is 0 Å². The molecule has 0 spiro atoms. The SMILES string of the molecule is CCC1CCC(O)C(CCCOCCOC)C1. The first-order chi connectivity index (χ1) is 8.27. The Morgan fingerprint density at radius 3 is 2.71 bits per heavy atom. The van der Waals surface area contributed by atoms with Crippen LogP contribution in [0.2, 0.25) is 0 Å². The van der Waals surface area contributed by atoms with Crippen molar-refractivity contribution in [2.24, 2.45) is 11.8 Å².